The van der Waals surface area contributed by atoms with Crippen LogP contribution < -0.4 is 0 Å². The average molecular weight is 236 g/mol. The van der Waals surface area contributed by atoms with Gasteiger partial charge in [0.15, 0.2) is 0 Å². The molecule has 4 heteroatoms. The summed E-state index contributed by atoms with van der Waals surface area (Å²) in [7, 11) is 0. The maximum absolute atomic E-state index is 5.98. The summed E-state index contributed by atoms with van der Waals surface area (Å²) in [4.78, 5) is 4.87. The number of hydrogen-bond donors (Lipinski definition) is 0. The summed E-state index contributed by atoms with van der Waals surface area (Å²) >= 11 is 13.5. The third-order valence-corrected chi connectivity index (χ3v) is 3.28. The Labute approximate surface area is 92.8 Å². The maximum atomic E-state index is 5.98. The van der Waals surface area contributed by atoms with Crippen molar-refractivity contribution in [1.82, 2.24) is 4.98 Å². The van der Waals surface area contributed by atoms with Crippen LogP contribution in [0.25, 0.3) is 0 Å². The predicted octanol–water partition coefficient (Wildman–Crippen LogP) is 4.28. The molecular formula is C9H11Cl2NS. The molecule has 0 fully saturated rings. The molecule has 0 saturated carbocycles. The van der Waals surface area contributed by atoms with Gasteiger partial charge in [-0.2, -0.15) is 0 Å². The molecule has 13 heavy (non-hydrogen) atoms. The van der Waals surface area contributed by atoms with Crippen LogP contribution in [-0.4, -0.2) is 9.73 Å². The smallest absolute Gasteiger partial charge is 0.148 e. The van der Waals surface area contributed by atoms with E-state index in [1.54, 1.807) is 18.0 Å². The van der Waals surface area contributed by atoms with E-state index in [2.05, 4.69) is 25.8 Å². The first kappa shape index (κ1) is 11.2. The lowest BCUT2D eigenvalue weighted by Crippen LogP contribution is -2.06. The minimum Gasteiger partial charge on any atom is -0.243 e. The molecule has 0 spiro atoms. The van der Waals surface area contributed by atoms with E-state index in [9.17, 15) is 0 Å². The molecule has 1 aromatic rings. The van der Waals surface area contributed by atoms with Crippen molar-refractivity contribution in [2.45, 2.75) is 30.4 Å². The zero-order chi connectivity index (χ0) is 10.1. The zero-order valence-electron chi connectivity index (χ0n) is 7.77. The fourth-order valence-electron chi connectivity index (χ4n) is 0.811. The van der Waals surface area contributed by atoms with Crippen LogP contribution in [0, 0.1) is 0 Å². The number of rotatable bonds is 1. The van der Waals surface area contributed by atoms with Gasteiger partial charge in [0.1, 0.15) is 5.15 Å². The van der Waals surface area contributed by atoms with E-state index >= 15 is 0 Å². The Morgan fingerprint density at radius 1 is 1.31 bits per heavy atom. The summed E-state index contributed by atoms with van der Waals surface area (Å²) in [5.41, 5.74) is 0. The van der Waals surface area contributed by atoms with Crippen LogP contribution >= 0.6 is 35.0 Å². The minimum absolute atomic E-state index is 0.133. The molecule has 0 aliphatic rings. The van der Waals surface area contributed by atoms with Gasteiger partial charge in [-0.3, -0.25) is 0 Å². The molecule has 0 aliphatic heterocycles. The van der Waals surface area contributed by atoms with Gasteiger partial charge in [0, 0.05) is 15.8 Å². The number of aromatic nitrogens is 1. The van der Waals surface area contributed by atoms with Crippen LogP contribution in [0.3, 0.4) is 0 Å². The van der Waals surface area contributed by atoms with Crippen molar-refractivity contribution in [3.05, 3.63) is 22.4 Å². The summed E-state index contributed by atoms with van der Waals surface area (Å²) in [6, 6.07) is 1.88. The quantitative estimate of drug-likeness (QED) is 0.533. The van der Waals surface area contributed by atoms with Crippen LogP contribution in [0.15, 0.2) is 17.2 Å². The normalized spacial score (nSPS) is 11.8. The fourth-order valence-corrected chi connectivity index (χ4v) is 2.23. The van der Waals surface area contributed by atoms with E-state index in [-0.39, 0.29) is 4.75 Å². The molecule has 0 radical (unpaired) electrons. The molecule has 1 heterocycles. The third kappa shape index (κ3) is 3.37. The van der Waals surface area contributed by atoms with E-state index in [1.165, 1.54) is 0 Å². The predicted molar refractivity (Wildman–Crippen MR) is 59.9 cm³/mol. The molecule has 1 rings (SSSR count). The number of pyridine rings is 1. The molecule has 0 aromatic carbocycles. The van der Waals surface area contributed by atoms with Gasteiger partial charge in [0.05, 0.1) is 5.02 Å². The largest absolute Gasteiger partial charge is 0.243 e. The Kier molecular flexibility index (Phi) is 3.50. The van der Waals surface area contributed by atoms with E-state index in [0.29, 0.717) is 10.2 Å². The molecule has 0 aliphatic carbocycles. The molecule has 0 saturated heterocycles. The highest BCUT2D eigenvalue weighted by Gasteiger charge is 2.15. The van der Waals surface area contributed by atoms with E-state index in [4.69, 9.17) is 23.2 Å². The first-order chi connectivity index (χ1) is 5.90. The highest BCUT2D eigenvalue weighted by Crippen LogP contribution is 2.38. The van der Waals surface area contributed by atoms with Crippen LogP contribution in [-0.2, 0) is 0 Å². The van der Waals surface area contributed by atoms with Gasteiger partial charge in [-0.15, -0.1) is 11.8 Å². The van der Waals surface area contributed by atoms with E-state index < -0.39 is 0 Å². The van der Waals surface area contributed by atoms with Crippen molar-refractivity contribution in [2.24, 2.45) is 0 Å². The Hall–Kier alpha value is 0.0800. The van der Waals surface area contributed by atoms with Gasteiger partial charge in [0.2, 0.25) is 0 Å². The molecule has 0 unspecified atom stereocenters. The molecule has 0 N–H and O–H groups in total. The van der Waals surface area contributed by atoms with Crippen LogP contribution in [0.2, 0.25) is 10.2 Å². The standard InChI is InChI=1S/C9H11Cl2NS/c1-9(2,3)13-6-4-5-12-8(11)7(6)10/h4-5H,1-3H3. The molecule has 0 amide bonds. The Balaban J connectivity index is 2.96. The average Bonchev–Trinajstić information content (AvgIpc) is 1.96. The number of nitrogens with zero attached hydrogens (tertiary/aromatic N) is 1. The lowest BCUT2D eigenvalue weighted by Gasteiger charge is -2.18. The SMILES string of the molecule is CC(C)(C)Sc1ccnc(Cl)c1Cl. The molecule has 0 bridgehead atoms. The Morgan fingerprint density at radius 3 is 2.46 bits per heavy atom. The van der Waals surface area contributed by atoms with Gasteiger partial charge in [-0.1, -0.05) is 44.0 Å². The molecular weight excluding hydrogens is 225 g/mol. The van der Waals surface area contributed by atoms with Crippen molar-refractivity contribution in [3.8, 4) is 0 Å². The van der Waals surface area contributed by atoms with Crippen LogP contribution in [0.4, 0.5) is 0 Å². The maximum Gasteiger partial charge on any atom is 0.148 e. The lowest BCUT2D eigenvalue weighted by molar-refractivity contribution is 0.802. The van der Waals surface area contributed by atoms with Crippen LogP contribution in [0.5, 0.6) is 0 Å². The van der Waals surface area contributed by atoms with Gasteiger partial charge >= 0.3 is 0 Å². The second kappa shape index (κ2) is 4.07. The van der Waals surface area contributed by atoms with Gasteiger partial charge in [-0.25, -0.2) is 4.98 Å². The van der Waals surface area contributed by atoms with Crippen molar-refractivity contribution in [1.29, 1.82) is 0 Å². The van der Waals surface area contributed by atoms with Crippen molar-refractivity contribution in [3.63, 3.8) is 0 Å². The number of halogens is 2. The van der Waals surface area contributed by atoms with Crippen molar-refractivity contribution >= 4 is 35.0 Å². The monoisotopic (exact) mass is 235 g/mol. The van der Waals surface area contributed by atoms with E-state index in [1.807, 2.05) is 6.07 Å². The molecule has 0 atom stereocenters. The summed E-state index contributed by atoms with van der Waals surface area (Å²) in [5, 5.41) is 0.917. The first-order valence-corrected chi connectivity index (χ1v) is 5.46. The zero-order valence-corrected chi connectivity index (χ0v) is 10.1. The van der Waals surface area contributed by atoms with E-state index in [0.717, 1.165) is 4.90 Å². The minimum atomic E-state index is 0.133. The van der Waals surface area contributed by atoms with Gasteiger partial charge in [-0.05, 0) is 6.07 Å². The number of thioether (sulfide) groups is 1. The fraction of sp³-hybridized carbons (Fsp3) is 0.444. The Morgan fingerprint density at radius 2 is 1.92 bits per heavy atom. The van der Waals surface area contributed by atoms with Crippen molar-refractivity contribution < 1.29 is 0 Å². The van der Waals surface area contributed by atoms with Gasteiger partial charge < -0.3 is 0 Å². The highest BCUT2D eigenvalue weighted by atomic mass is 35.5. The second-order valence-corrected chi connectivity index (χ2v) is 6.23. The highest BCUT2D eigenvalue weighted by molar-refractivity contribution is 8.00. The van der Waals surface area contributed by atoms with Crippen LogP contribution in [0.1, 0.15) is 20.8 Å². The first-order valence-electron chi connectivity index (χ1n) is 3.89. The summed E-state index contributed by atoms with van der Waals surface area (Å²) in [6.07, 6.45) is 1.67. The molecule has 1 nitrogen and oxygen atoms in total. The second-order valence-electron chi connectivity index (χ2n) is 3.63. The van der Waals surface area contributed by atoms with Crippen molar-refractivity contribution in [2.75, 3.05) is 0 Å². The summed E-state index contributed by atoms with van der Waals surface area (Å²) < 4.78 is 0.133. The topological polar surface area (TPSA) is 12.9 Å². The lowest BCUT2D eigenvalue weighted by atomic mass is 10.3. The van der Waals surface area contributed by atoms with Gasteiger partial charge in [0.25, 0.3) is 0 Å². The number of hydrogen-bond acceptors (Lipinski definition) is 2. The summed E-state index contributed by atoms with van der Waals surface area (Å²) in [5.74, 6) is 0. The summed E-state index contributed by atoms with van der Waals surface area (Å²) in [6.45, 7) is 6.38. The Bertz CT molecular complexity index is 307. The third-order valence-electron chi connectivity index (χ3n) is 1.23. The molecule has 1 aromatic heterocycles. The molecule has 72 valence electrons.